The van der Waals surface area contributed by atoms with Crippen molar-refractivity contribution < 1.29 is 5.11 Å². The number of hydrogen-bond donors (Lipinski definition) is 2. The summed E-state index contributed by atoms with van der Waals surface area (Å²) < 4.78 is 0.342. The predicted octanol–water partition coefficient (Wildman–Crippen LogP) is 2.66. The first-order valence-electron chi connectivity index (χ1n) is 5.90. The SMILES string of the molecule is CCC(CCO)NC(C)CSC(C)(C)C. The molecule has 0 aliphatic carbocycles. The van der Waals surface area contributed by atoms with Gasteiger partial charge in [0.05, 0.1) is 0 Å². The third kappa shape index (κ3) is 9.21. The van der Waals surface area contributed by atoms with Crippen LogP contribution in [0.25, 0.3) is 0 Å². The minimum absolute atomic E-state index is 0.282. The topological polar surface area (TPSA) is 32.3 Å². The van der Waals surface area contributed by atoms with Gasteiger partial charge >= 0.3 is 0 Å². The number of hydrogen-bond acceptors (Lipinski definition) is 3. The maximum Gasteiger partial charge on any atom is 0.0445 e. The molecule has 3 heteroatoms. The molecule has 0 radical (unpaired) electrons. The van der Waals surface area contributed by atoms with Gasteiger partial charge in [-0.15, -0.1) is 0 Å². The Morgan fingerprint density at radius 3 is 2.33 bits per heavy atom. The Balaban J connectivity index is 3.75. The van der Waals surface area contributed by atoms with E-state index in [9.17, 15) is 0 Å². The van der Waals surface area contributed by atoms with E-state index in [1.54, 1.807) is 0 Å². The highest BCUT2D eigenvalue weighted by atomic mass is 32.2. The zero-order valence-corrected chi connectivity index (χ0v) is 11.7. The molecule has 0 rings (SSSR count). The number of aliphatic hydroxyl groups is 1. The summed E-state index contributed by atoms with van der Waals surface area (Å²) in [5.41, 5.74) is 0. The summed E-state index contributed by atoms with van der Waals surface area (Å²) in [4.78, 5) is 0. The molecule has 0 amide bonds. The maximum absolute atomic E-state index is 8.89. The molecular weight excluding hydrogens is 206 g/mol. The van der Waals surface area contributed by atoms with Crippen LogP contribution in [0.3, 0.4) is 0 Å². The van der Waals surface area contributed by atoms with Crippen LogP contribution in [0.4, 0.5) is 0 Å². The summed E-state index contributed by atoms with van der Waals surface area (Å²) in [7, 11) is 0. The van der Waals surface area contributed by atoms with Gasteiger partial charge in [-0.3, -0.25) is 0 Å². The first kappa shape index (κ1) is 15.3. The second-order valence-electron chi connectivity index (χ2n) is 5.11. The molecule has 0 saturated heterocycles. The summed E-state index contributed by atoms with van der Waals surface area (Å²) >= 11 is 1.99. The zero-order valence-electron chi connectivity index (χ0n) is 10.8. The van der Waals surface area contributed by atoms with Crippen molar-refractivity contribution in [2.75, 3.05) is 12.4 Å². The summed E-state index contributed by atoms with van der Waals surface area (Å²) in [6.45, 7) is 11.4. The van der Waals surface area contributed by atoms with Gasteiger partial charge in [-0.2, -0.15) is 11.8 Å². The van der Waals surface area contributed by atoms with Crippen LogP contribution in [0, 0.1) is 0 Å². The molecule has 92 valence electrons. The van der Waals surface area contributed by atoms with E-state index in [1.165, 1.54) is 0 Å². The largest absolute Gasteiger partial charge is 0.396 e. The highest BCUT2D eigenvalue weighted by molar-refractivity contribution is 8.00. The number of aliphatic hydroxyl groups excluding tert-OH is 1. The standard InChI is InChI=1S/C12H27NOS/c1-6-11(7-8-14)13-10(2)9-15-12(3,4)5/h10-11,13-14H,6-9H2,1-5H3. The number of nitrogens with one attached hydrogen (secondary N) is 1. The van der Waals surface area contributed by atoms with Crippen molar-refractivity contribution in [2.24, 2.45) is 0 Å². The minimum Gasteiger partial charge on any atom is -0.396 e. The molecule has 0 aromatic heterocycles. The third-order valence-electron chi connectivity index (χ3n) is 2.26. The molecule has 0 bridgehead atoms. The van der Waals surface area contributed by atoms with E-state index in [2.05, 4.69) is 39.9 Å². The van der Waals surface area contributed by atoms with E-state index in [4.69, 9.17) is 5.11 Å². The van der Waals surface area contributed by atoms with Crippen molar-refractivity contribution in [1.29, 1.82) is 0 Å². The Hall–Kier alpha value is 0.270. The lowest BCUT2D eigenvalue weighted by molar-refractivity contribution is 0.258. The van der Waals surface area contributed by atoms with Gasteiger partial charge < -0.3 is 10.4 Å². The molecule has 0 saturated carbocycles. The molecule has 2 atom stereocenters. The van der Waals surface area contributed by atoms with Crippen LogP contribution in [0.5, 0.6) is 0 Å². The first-order valence-corrected chi connectivity index (χ1v) is 6.88. The summed E-state index contributed by atoms with van der Waals surface area (Å²) in [6, 6.07) is 0.983. The second kappa shape index (κ2) is 7.53. The molecule has 0 aliphatic rings. The molecule has 2 nitrogen and oxygen atoms in total. The van der Waals surface area contributed by atoms with Crippen LogP contribution in [-0.4, -0.2) is 34.3 Å². The van der Waals surface area contributed by atoms with Gasteiger partial charge in [0.1, 0.15) is 0 Å². The average Bonchev–Trinajstić information content (AvgIpc) is 2.13. The van der Waals surface area contributed by atoms with E-state index in [1.807, 2.05) is 11.8 Å². The summed E-state index contributed by atoms with van der Waals surface area (Å²) in [5.74, 6) is 1.13. The lowest BCUT2D eigenvalue weighted by atomic mass is 10.1. The van der Waals surface area contributed by atoms with Crippen LogP contribution >= 0.6 is 11.8 Å². The molecule has 0 spiro atoms. The van der Waals surface area contributed by atoms with Crippen molar-refractivity contribution in [1.82, 2.24) is 5.32 Å². The molecule has 0 aromatic rings. The van der Waals surface area contributed by atoms with Gasteiger partial charge in [0.2, 0.25) is 0 Å². The molecule has 0 aromatic carbocycles. The lowest BCUT2D eigenvalue weighted by Gasteiger charge is -2.25. The zero-order chi connectivity index (χ0) is 11.9. The maximum atomic E-state index is 8.89. The fraction of sp³-hybridized carbons (Fsp3) is 1.00. The van der Waals surface area contributed by atoms with Gasteiger partial charge in [0.25, 0.3) is 0 Å². The summed E-state index contributed by atoms with van der Waals surface area (Å²) in [5, 5.41) is 12.5. The van der Waals surface area contributed by atoms with Crippen molar-refractivity contribution in [3.05, 3.63) is 0 Å². The monoisotopic (exact) mass is 233 g/mol. The highest BCUT2D eigenvalue weighted by Crippen LogP contribution is 2.23. The van der Waals surface area contributed by atoms with Crippen LogP contribution in [0.1, 0.15) is 47.5 Å². The molecule has 15 heavy (non-hydrogen) atoms. The van der Waals surface area contributed by atoms with Gasteiger partial charge in [-0.1, -0.05) is 27.7 Å². The van der Waals surface area contributed by atoms with E-state index in [0.717, 1.165) is 18.6 Å². The Bertz CT molecular complexity index is 156. The normalized spacial score (nSPS) is 16.4. The van der Waals surface area contributed by atoms with E-state index in [0.29, 0.717) is 16.8 Å². The molecule has 2 N–H and O–H groups in total. The number of thioether (sulfide) groups is 1. The summed E-state index contributed by atoms with van der Waals surface area (Å²) in [6.07, 6.45) is 1.95. The Kier molecular flexibility index (Phi) is 7.66. The fourth-order valence-corrected chi connectivity index (χ4v) is 2.23. The Labute approximate surface area is 99.2 Å². The van der Waals surface area contributed by atoms with Crippen LogP contribution in [0.15, 0.2) is 0 Å². The van der Waals surface area contributed by atoms with Gasteiger partial charge in [-0.05, 0) is 19.8 Å². The molecule has 0 aliphatic heterocycles. The van der Waals surface area contributed by atoms with Crippen molar-refractivity contribution in [3.63, 3.8) is 0 Å². The molecule has 2 unspecified atom stereocenters. The van der Waals surface area contributed by atoms with E-state index in [-0.39, 0.29) is 6.61 Å². The van der Waals surface area contributed by atoms with Gasteiger partial charge in [-0.25, -0.2) is 0 Å². The Morgan fingerprint density at radius 2 is 1.93 bits per heavy atom. The highest BCUT2D eigenvalue weighted by Gasteiger charge is 2.14. The lowest BCUT2D eigenvalue weighted by Crippen LogP contribution is -2.38. The fourth-order valence-electron chi connectivity index (χ4n) is 1.39. The Morgan fingerprint density at radius 1 is 1.33 bits per heavy atom. The average molecular weight is 233 g/mol. The van der Waals surface area contributed by atoms with Crippen molar-refractivity contribution >= 4 is 11.8 Å². The van der Waals surface area contributed by atoms with Gasteiger partial charge in [0.15, 0.2) is 0 Å². The quantitative estimate of drug-likeness (QED) is 0.709. The second-order valence-corrected chi connectivity index (χ2v) is 6.96. The predicted molar refractivity (Wildman–Crippen MR) is 70.6 cm³/mol. The molecular formula is C12H27NOS. The minimum atomic E-state index is 0.282. The third-order valence-corrected chi connectivity index (χ3v) is 3.79. The van der Waals surface area contributed by atoms with Crippen LogP contribution in [-0.2, 0) is 0 Å². The molecule has 0 heterocycles. The molecule has 0 fully saturated rings. The smallest absolute Gasteiger partial charge is 0.0445 e. The first-order chi connectivity index (χ1) is 6.89. The van der Waals surface area contributed by atoms with Crippen molar-refractivity contribution in [3.8, 4) is 0 Å². The number of rotatable bonds is 7. The van der Waals surface area contributed by atoms with Crippen molar-refractivity contribution in [2.45, 2.75) is 64.3 Å². The van der Waals surface area contributed by atoms with Gasteiger partial charge in [0, 0.05) is 29.2 Å². The van der Waals surface area contributed by atoms with Crippen LogP contribution < -0.4 is 5.32 Å². The van der Waals surface area contributed by atoms with Crippen LogP contribution in [0.2, 0.25) is 0 Å². The van der Waals surface area contributed by atoms with E-state index < -0.39 is 0 Å². The van der Waals surface area contributed by atoms with E-state index >= 15 is 0 Å².